The van der Waals surface area contributed by atoms with Crippen LogP contribution in [0.3, 0.4) is 0 Å². The first-order valence-corrected chi connectivity index (χ1v) is 12.4. The summed E-state index contributed by atoms with van der Waals surface area (Å²) >= 11 is 3.44. The zero-order valence-corrected chi connectivity index (χ0v) is 21.3. The van der Waals surface area contributed by atoms with Gasteiger partial charge in [0.15, 0.2) is 0 Å². The smallest absolute Gasteiger partial charge is 0.295 e. The van der Waals surface area contributed by atoms with Crippen LogP contribution in [0.2, 0.25) is 0 Å². The molecule has 1 unspecified atom stereocenters. The Bertz CT molecular complexity index is 1140. The van der Waals surface area contributed by atoms with Crippen molar-refractivity contribution in [3.8, 4) is 5.75 Å². The molecule has 8 heteroatoms. The molecule has 7 nitrogen and oxygen atoms in total. The number of nitrogens with zero attached hydrogens (tertiary/aromatic N) is 2. The Morgan fingerprint density at radius 3 is 2.54 bits per heavy atom. The number of aliphatic hydroxyl groups is 1. The summed E-state index contributed by atoms with van der Waals surface area (Å²) in [5.74, 6) is -0.808. The first-order chi connectivity index (χ1) is 16.9. The summed E-state index contributed by atoms with van der Waals surface area (Å²) in [6, 6.07) is 12.0. The second kappa shape index (κ2) is 11.2. The Morgan fingerprint density at radius 2 is 1.89 bits per heavy atom. The molecule has 0 spiro atoms. The van der Waals surface area contributed by atoms with Gasteiger partial charge in [0.1, 0.15) is 18.1 Å². The summed E-state index contributed by atoms with van der Waals surface area (Å²) in [6.45, 7) is 9.75. The van der Waals surface area contributed by atoms with Gasteiger partial charge in [-0.05, 0) is 48.4 Å². The van der Waals surface area contributed by atoms with Crippen molar-refractivity contribution in [1.82, 2.24) is 9.80 Å². The maximum Gasteiger partial charge on any atom is 0.295 e. The summed E-state index contributed by atoms with van der Waals surface area (Å²) in [5, 5.41) is 11.3. The lowest BCUT2D eigenvalue weighted by Crippen LogP contribution is -2.42. The standard InChI is InChI=1S/C27H29BrN2O5/c1-3-14-35-22-9-6-20(17-18(22)2)25(31)23-24(19-4-7-21(28)8-5-19)30(27(33)26(23)32)11-10-29-12-15-34-16-13-29/h3-9,17,24,31H,1,10-16H2,2H3/b25-23+. The van der Waals surface area contributed by atoms with Crippen LogP contribution in [-0.2, 0) is 14.3 Å². The summed E-state index contributed by atoms with van der Waals surface area (Å²) in [6.07, 6.45) is 1.66. The van der Waals surface area contributed by atoms with E-state index in [4.69, 9.17) is 9.47 Å². The van der Waals surface area contributed by atoms with Gasteiger partial charge in [-0.25, -0.2) is 0 Å². The molecule has 4 rings (SSSR count). The number of hydrogen-bond donors (Lipinski definition) is 1. The molecule has 0 radical (unpaired) electrons. The maximum atomic E-state index is 13.2. The molecule has 2 fully saturated rings. The summed E-state index contributed by atoms with van der Waals surface area (Å²) < 4.78 is 11.9. The highest BCUT2D eigenvalue weighted by Gasteiger charge is 2.46. The summed E-state index contributed by atoms with van der Waals surface area (Å²) in [5.41, 5.74) is 2.12. The van der Waals surface area contributed by atoms with Crippen molar-refractivity contribution in [3.05, 3.63) is 81.9 Å². The monoisotopic (exact) mass is 540 g/mol. The van der Waals surface area contributed by atoms with Gasteiger partial charge in [-0.3, -0.25) is 14.5 Å². The Kier molecular flexibility index (Phi) is 8.05. The minimum absolute atomic E-state index is 0.0958. The summed E-state index contributed by atoms with van der Waals surface area (Å²) in [4.78, 5) is 30.2. The molecular formula is C27H29BrN2O5. The predicted molar refractivity (Wildman–Crippen MR) is 137 cm³/mol. The molecule has 2 aliphatic heterocycles. The van der Waals surface area contributed by atoms with Gasteiger partial charge in [0.25, 0.3) is 11.7 Å². The van der Waals surface area contributed by atoms with Gasteiger partial charge in [-0.1, -0.05) is 40.7 Å². The lowest BCUT2D eigenvalue weighted by Gasteiger charge is -2.31. The van der Waals surface area contributed by atoms with E-state index in [2.05, 4.69) is 27.4 Å². The third-order valence-corrected chi connectivity index (χ3v) is 6.82. The molecule has 2 aromatic rings. The molecular weight excluding hydrogens is 512 g/mol. The minimum atomic E-state index is -0.680. The number of benzene rings is 2. The average molecular weight is 541 g/mol. The van der Waals surface area contributed by atoms with Gasteiger partial charge in [0, 0.05) is 36.2 Å². The van der Waals surface area contributed by atoms with Crippen LogP contribution in [0.15, 0.2) is 65.2 Å². The lowest BCUT2D eigenvalue weighted by molar-refractivity contribution is -0.140. The second-order valence-corrected chi connectivity index (χ2v) is 9.49. The van der Waals surface area contributed by atoms with Crippen LogP contribution >= 0.6 is 15.9 Å². The van der Waals surface area contributed by atoms with Gasteiger partial charge in [-0.2, -0.15) is 0 Å². The zero-order valence-electron chi connectivity index (χ0n) is 19.7. The molecule has 0 aliphatic carbocycles. The normalized spacial score (nSPS) is 20.3. The third kappa shape index (κ3) is 5.50. The lowest BCUT2D eigenvalue weighted by atomic mass is 9.95. The van der Waals surface area contributed by atoms with Gasteiger partial charge < -0.3 is 19.5 Å². The molecule has 0 bridgehead atoms. The van der Waals surface area contributed by atoms with E-state index in [1.54, 1.807) is 29.2 Å². The molecule has 2 aliphatic rings. The Morgan fingerprint density at radius 1 is 1.17 bits per heavy atom. The molecule has 1 N–H and O–H groups in total. The highest BCUT2D eigenvalue weighted by molar-refractivity contribution is 9.10. The van der Waals surface area contributed by atoms with E-state index in [0.717, 1.165) is 28.7 Å². The van der Waals surface area contributed by atoms with Crippen LogP contribution < -0.4 is 4.74 Å². The van der Waals surface area contributed by atoms with Crippen LogP contribution in [0, 0.1) is 6.92 Å². The van der Waals surface area contributed by atoms with E-state index < -0.39 is 17.7 Å². The molecule has 1 amide bonds. The van der Waals surface area contributed by atoms with Crippen LogP contribution in [0.1, 0.15) is 22.7 Å². The molecule has 1 atom stereocenters. The predicted octanol–water partition coefficient (Wildman–Crippen LogP) is 4.08. The van der Waals surface area contributed by atoms with Crippen LogP contribution in [0.25, 0.3) is 5.76 Å². The SMILES string of the molecule is C=CCOc1ccc(/C(O)=C2\C(=O)C(=O)N(CCN3CCOCC3)C2c2ccc(Br)cc2)cc1C. The minimum Gasteiger partial charge on any atom is -0.507 e. The number of aliphatic hydroxyl groups excluding tert-OH is 1. The van der Waals surface area contributed by atoms with Crippen LogP contribution in [0.5, 0.6) is 5.75 Å². The number of hydrogen-bond acceptors (Lipinski definition) is 6. The van der Waals surface area contributed by atoms with Gasteiger partial charge in [0.2, 0.25) is 0 Å². The molecule has 35 heavy (non-hydrogen) atoms. The fourth-order valence-corrected chi connectivity index (χ4v) is 4.70. The number of rotatable bonds is 8. The molecule has 2 aromatic carbocycles. The number of Topliss-reactive ketones (excluding diaryl/α,β-unsaturated/α-hetero) is 1. The topological polar surface area (TPSA) is 79.3 Å². The fraction of sp³-hybridized carbons (Fsp3) is 0.333. The number of halogens is 1. The molecule has 2 saturated heterocycles. The maximum absolute atomic E-state index is 13.2. The number of carbonyl (C=O) groups is 2. The zero-order chi connectivity index (χ0) is 24.9. The molecule has 184 valence electrons. The Balaban J connectivity index is 1.71. The van der Waals surface area contributed by atoms with Crippen molar-refractivity contribution in [2.75, 3.05) is 46.0 Å². The highest BCUT2D eigenvalue weighted by Crippen LogP contribution is 2.40. The molecule has 0 aromatic heterocycles. The van der Waals surface area contributed by atoms with Crippen LogP contribution in [0.4, 0.5) is 0 Å². The Labute approximate surface area is 213 Å². The van der Waals surface area contributed by atoms with E-state index in [1.165, 1.54) is 0 Å². The third-order valence-electron chi connectivity index (χ3n) is 6.29. The number of ketones is 1. The first-order valence-electron chi connectivity index (χ1n) is 11.6. The van der Waals surface area contributed by atoms with Crippen molar-refractivity contribution in [1.29, 1.82) is 0 Å². The number of likely N-dealkylation sites (tertiary alicyclic amines) is 1. The largest absolute Gasteiger partial charge is 0.507 e. The van der Waals surface area contributed by atoms with Gasteiger partial charge >= 0.3 is 0 Å². The van der Waals surface area contributed by atoms with Gasteiger partial charge in [-0.15, -0.1) is 0 Å². The quantitative estimate of drug-likeness (QED) is 0.235. The fourth-order valence-electron chi connectivity index (χ4n) is 4.44. The van der Waals surface area contributed by atoms with Gasteiger partial charge in [0.05, 0.1) is 24.8 Å². The van der Waals surface area contributed by atoms with Crippen molar-refractivity contribution < 1.29 is 24.2 Å². The van der Waals surface area contributed by atoms with E-state index in [-0.39, 0.29) is 11.3 Å². The van der Waals surface area contributed by atoms with Crippen LogP contribution in [-0.4, -0.2) is 72.6 Å². The Hall–Kier alpha value is -2.94. The van der Waals surface area contributed by atoms with E-state index in [1.807, 2.05) is 31.2 Å². The number of amides is 1. The average Bonchev–Trinajstić information content (AvgIpc) is 3.12. The van der Waals surface area contributed by atoms with Crippen molar-refractivity contribution >= 4 is 33.4 Å². The number of morpholine rings is 1. The number of ether oxygens (including phenoxy) is 2. The van der Waals surface area contributed by atoms with E-state index in [9.17, 15) is 14.7 Å². The molecule has 0 saturated carbocycles. The second-order valence-electron chi connectivity index (χ2n) is 8.58. The number of carbonyl (C=O) groups excluding carboxylic acids is 2. The highest BCUT2D eigenvalue weighted by atomic mass is 79.9. The van der Waals surface area contributed by atoms with Crippen molar-refractivity contribution in [2.24, 2.45) is 0 Å². The number of aryl methyl sites for hydroxylation is 1. The first kappa shape index (κ1) is 25.2. The van der Waals surface area contributed by atoms with E-state index >= 15 is 0 Å². The summed E-state index contributed by atoms with van der Waals surface area (Å²) in [7, 11) is 0. The molecule has 2 heterocycles. The van der Waals surface area contributed by atoms with E-state index in [0.29, 0.717) is 44.2 Å². The van der Waals surface area contributed by atoms with Crippen molar-refractivity contribution in [3.63, 3.8) is 0 Å². The van der Waals surface area contributed by atoms with Crippen molar-refractivity contribution in [2.45, 2.75) is 13.0 Å².